The highest BCUT2D eigenvalue weighted by atomic mass is 32.2. The molecule has 0 saturated carbocycles. The first-order chi connectivity index (χ1) is 66.9. The lowest BCUT2D eigenvalue weighted by atomic mass is 10.0. The maximum atomic E-state index is 15.0. The molecule has 0 aromatic heterocycles. The number of hydrogen-bond donors (Lipinski definition) is 14. The Morgan fingerprint density at radius 1 is 0.293 bits per heavy atom. The molecule has 0 aliphatic rings. The lowest BCUT2D eigenvalue weighted by Gasteiger charge is -2.13. The minimum absolute atomic E-state index is 0.0112. The number of rotatable bonds is 28. The molecule has 0 saturated heterocycles. The van der Waals surface area contributed by atoms with E-state index in [0.29, 0.717) is 142 Å². The molecule has 0 spiro atoms. The van der Waals surface area contributed by atoms with Crippen molar-refractivity contribution in [2.24, 2.45) is 38.4 Å². The average molecular weight is 1950 g/mol. The lowest BCUT2D eigenvalue weighted by molar-refractivity contribution is 0.101. The van der Waals surface area contributed by atoms with Crippen molar-refractivity contribution in [3.8, 4) is 90.5 Å². The fourth-order valence-electron chi connectivity index (χ4n) is 14.0. The molecule has 16 aromatic carbocycles. The van der Waals surface area contributed by atoms with Gasteiger partial charge in [0.25, 0.3) is 23.6 Å². The largest absolute Gasteiger partial charge is 0.457 e. The molecular weight excluding hydrogens is 1860 g/mol. The van der Waals surface area contributed by atoms with E-state index in [1.54, 1.807) is 322 Å². The smallest absolute Gasteiger partial charge is 0.259 e. The van der Waals surface area contributed by atoms with Crippen molar-refractivity contribution in [2.75, 3.05) is 27.5 Å². The summed E-state index contributed by atoms with van der Waals surface area (Å²) in [5.41, 5.74) is 31.4. The predicted molar refractivity (Wildman–Crippen MR) is 539 cm³/mol. The Kier molecular flexibility index (Phi) is 32.0. The lowest BCUT2D eigenvalue weighted by Crippen LogP contribution is -2.14. The average Bonchev–Trinajstić information content (AvgIpc) is 0.758. The molecule has 0 heterocycles. The molecule has 4 amide bonds. The van der Waals surface area contributed by atoms with Crippen LogP contribution in [0, 0.1) is 22.0 Å². The number of amidine groups is 3. The number of benzene rings is 16. The highest BCUT2D eigenvalue weighted by Crippen LogP contribution is 2.38. The maximum absolute atomic E-state index is 15.0. The van der Waals surface area contributed by atoms with Crippen molar-refractivity contribution in [2.45, 2.75) is 26.1 Å². The predicted octanol–water partition coefficient (Wildman–Crippen LogP) is 18.4. The molecule has 0 fully saturated rings. The Bertz CT molecular complexity index is 7900. The van der Waals surface area contributed by atoms with Gasteiger partial charge in [0.05, 0.1) is 47.6 Å². The summed E-state index contributed by atoms with van der Waals surface area (Å²) in [6, 6.07) is 104. The van der Waals surface area contributed by atoms with Crippen LogP contribution in [0.2, 0.25) is 0 Å². The Morgan fingerprint density at radius 3 is 0.957 bits per heavy atom. The van der Waals surface area contributed by atoms with Gasteiger partial charge in [0, 0.05) is 68.7 Å². The summed E-state index contributed by atoms with van der Waals surface area (Å²) in [6.45, 7) is 0.386. The van der Waals surface area contributed by atoms with Gasteiger partial charge in [0.1, 0.15) is 63.6 Å². The van der Waals surface area contributed by atoms with E-state index in [1.165, 1.54) is 42.5 Å². The second-order valence-electron chi connectivity index (χ2n) is 30.7. The quantitative estimate of drug-likeness (QED) is 0.0160. The van der Waals surface area contributed by atoms with E-state index in [-0.39, 0.29) is 71.8 Å². The summed E-state index contributed by atoms with van der Waals surface area (Å²) >= 11 is 0. The maximum Gasteiger partial charge on any atom is 0.259 e. The van der Waals surface area contributed by atoms with Crippen LogP contribution >= 0.6 is 0 Å². The van der Waals surface area contributed by atoms with Gasteiger partial charge in [-0.05, 0) is 198 Å². The third kappa shape index (κ3) is 26.4. The van der Waals surface area contributed by atoms with Gasteiger partial charge in [-0.2, -0.15) is 0 Å². The van der Waals surface area contributed by atoms with Crippen molar-refractivity contribution >= 4 is 104 Å². The monoisotopic (exact) mass is 1950 g/mol. The van der Waals surface area contributed by atoms with Crippen LogP contribution in [-0.4, -0.2) is 81.1 Å². The normalized spacial score (nSPS) is 11.0. The van der Waals surface area contributed by atoms with Gasteiger partial charge in [-0.25, -0.2) is 53.5 Å². The van der Waals surface area contributed by atoms with Crippen LogP contribution in [0.25, 0.3) is 44.5 Å². The first-order valence-electron chi connectivity index (χ1n) is 42.1. The number of ether oxygens (including phenoxy) is 4. The molecule has 0 bridgehead atoms. The van der Waals surface area contributed by atoms with Crippen LogP contribution in [0.4, 0.5) is 27.1 Å². The molecule has 706 valence electrons. The Labute approximate surface area is 805 Å². The number of nitrogens with two attached hydrogens (primary N) is 7. The fourth-order valence-corrected chi connectivity index (χ4v) is 17.2. The van der Waals surface area contributed by atoms with Crippen LogP contribution in [0.5, 0.6) is 46.0 Å². The summed E-state index contributed by atoms with van der Waals surface area (Å²) < 4.78 is 134. The highest BCUT2D eigenvalue weighted by Gasteiger charge is 2.24. The number of carbonyl (C=O) groups excluding carboxylic acids is 4. The number of hydrogen-bond acceptors (Lipinski definition) is 20. The zero-order valence-electron chi connectivity index (χ0n) is 74.2. The number of halogens is 1. The van der Waals surface area contributed by atoms with Crippen molar-refractivity contribution in [3.63, 3.8) is 0 Å². The summed E-state index contributed by atoms with van der Waals surface area (Å²) in [7, 11) is -15.2. The Hall–Kier alpha value is -17.4. The molecular formula is C105H89FN14O16S4. The standard InChI is InChI=1S/C27H22FN3O4S.2C26H22N4O4S.C26H23N3O4S/c1-36(33,34)25-12-5-3-9-20(25)17-13-14-23(22(28)16-17)31-27(32)21-10-2-4-11-24(21)35-19-8-6-7-18(15-19)26(29)30;27-25(28)19-6-5-7-20(16-19)34-23-10-3-2-9-22(23)30-26(31)18-14-12-17(13-15-18)21-8-1-4-11-24(21)35(29,32)33;27-25(28)18-6-5-7-20(16-18)34-23-10-3-1-9-22(23)26(31)30-19-14-12-17(13-15-19)21-8-2-4-11-24(21)35(29,32)33;27-17-18-6-5-7-21(16-18)33-24-10-3-1-9-23(24)26(30)29-20-14-12-19(13-15-20)22-8-2-4-11-25(22)34(28,31)32/h2-16H,1H3,(H3,29,30)(H,31,32);2*1-16H,(H3,27,28)(H,30,31)(H2,29,32,33);1-16H,17,27H2,(H,29,30)(H2,28,31,32). The van der Waals surface area contributed by atoms with E-state index in [4.69, 9.17) is 73.5 Å². The molecule has 0 atom stereocenters. The van der Waals surface area contributed by atoms with Gasteiger partial charge in [0.15, 0.2) is 15.6 Å². The molecule has 30 nitrogen and oxygen atoms in total. The Balaban J connectivity index is 0.000000157. The molecule has 16 rings (SSSR count). The molecule has 16 aromatic rings. The van der Waals surface area contributed by atoms with E-state index in [2.05, 4.69) is 21.3 Å². The number of nitrogen functional groups attached to an aromatic ring is 3. The first kappa shape index (κ1) is 100. The number of anilines is 4. The van der Waals surface area contributed by atoms with Crippen LogP contribution in [0.1, 0.15) is 63.7 Å². The fraction of sp³-hybridized carbons (Fsp3) is 0.0190. The number of para-hydroxylation sites is 5. The van der Waals surface area contributed by atoms with Crippen molar-refractivity contribution in [3.05, 3.63) is 433 Å². The highest BCUT2D eigenvalue weighted by molar-refractivity contribution is 7.91. The van der Waals surface area contributed by atoms with Gasteiger partial charge in [-0.1, -0.05) is 212 Å². The second kappa shape index (κ2) is 44.8. The molecule has 0 radical (unpaired) electrons. The van der Waals surface area contributed by atoms with E-state index >= 15 is 0 Å². The third-order valence-electron chi connectivity index (χ3n) is 20.8. The van der Waals surface area contributed by atoms with E-state index in [9.17, 15) is 57.2 Å². The summed E-state index contributed by atoms with van der Waals surface area (Å²) in [5, 5.41) is 49.8. The van der Waals surface area contributed by atoms with Gasteiger partial charge < -0.3 is 63.1 Å². The van der Waals surface area contributed by atoms with Gasteiger partial charge >= 0.3 is 0 Å². The minimum atomic E-state index is -3.90. The van der Waals surface area contributed by atoms with Crippen molar-refractivity contribution in [1.82, 2.24) is 0 Å². The number of sulfone groups is 1. The van der Waals surface area contributed by atoms with Gasteiger partial charge in [0.2, 0.25) is 30.1 Å². The molecule has 140 heavy (non-hydrogen) atoms. The van der Waals surface area contributed by atoms with Crippen LogP contribution in [0.15, 0.2) is 402 Å². The zero-order chi connectivity index (χ0) is 100. The molecule has 0 aliphatic carbocycles. The number of sulfonamides is 3. The van der Waals surface area contributed by atoms with Crippen molar-refractivity contribution in [1.29, 1.82) is 16.2 Å². The zero-order valence-corrected chi connectivity index (χ0v) is 77.4. The Morgan fingerprint density at radius 2 is 0.593 bits per heavy atom. The third-order valence-corrected chi connectivity index (χ3v) is 24.8. The number of carbonyl (C=O) groups is 4. The minimum Gasteiger partial charge on any atom is -0.457 e. The van der Waals surface area contributed by atoms with Gasteiger partial charge in [-0.3, -0.25) is 35.4 Å². The van der Waals surface area contributed by atoms with E-state index < -0.39 is 51.6 Å². The molecule has 21 N–H and O–H groups in total. The molecule has 0 unspecified atom stereocenters. The summed E-state index contributed by atoms with van der Waals surface area (Å²) in [4.78, 5) is 52.1. The first-order valence-corrected chi connectivity index (χ1v) is 48.7. The summed E-state index contributed by atoms with van der Waals surface area (Å²) in [5.74, 6) is 0.556. The van der Waals surface area contributed by atoms with Crippen molar-refractivity contribution < 1.29 is 76.2 Å². The van der Waals surface area contributed by atoms with Crippen LogP contribution in [0.3, 0.4) is 0 Å². The van der Waals surface area contributed by atoms with E-state index in [0.717, 1.165) is 11.8 Å². The van der Waals surface area contributed by atoms with Gasteiger partial charge in [-0.15, -0.1) is 0 Å². The molecule has 35 heteroatoms. The number of amides is 4. The topological polar surface area (TPSA) is 544 Å². The van der Waals surface area contributed by atoms with Crippen LogP contribution in [-0.2, 0) is 46.5 Å². The second-order valence-corrected chi connectivity index (χ2v) is 37.3. The summed E-state index contributed by atoms with van der Waals surface area (Å²) in [6.07, 6.45) is 1.09. The van der Waals surface area contributed by atoms with E-state index in [1.807, 2.05) is 18.2 Å². The number of primary sulfonamides is 3. The molecule has 0 aliphatic heterocycles. The van der Waals surface area contributed by atoms with Crippen LogP contribution < -0.4 is 78.6 Å². The number of nitrogens with one attached hydrogen (secondary N) is 7. The SMILES string of the molecule is CS(=O)(=O)c1ccccc1-c1ccc(NC(=O)c2ccccc2Oc2cccc(C(=N)N)c2)c(F)c1.N=C(N)c1cccc(Oc2ccccc2C(=O)Nc2ccc(-c3ccccc3S(N)(=O)=O)cc2)c1.N=C(N)c1cccc(Oc2ccccc2NC(=O)c2ccc(-c3ccccc3S(N)(=O)=O)cc2)c1.NCc1cccc(Oc2ccccc2C(=O)Nc2ccc(-c3ccccc3S(N)(=O)=O)cc2)c1.